The van der Waals surface area contributed by atoms with E-state index in [1.807, 2.05) is 30.3 Å². The second kappa shape index (κ2) is 4.31. The van der Waals surface area contributed by atoms with E-state index in [0.29, 0.717) is 19.7 Å². The molecule has 4 nitrogen and oxygen atoms in total. The maximum atomic E-state index is 10.5. The molecular weight excluding hydrogens is 194 g/mol. The predicted octanol–water partition coefficient (Wildman–Crippen LogP) is 1.57. The van der Waals surface area contributed by atoms with Crippen molar-refractivity contribution in [2.45, 2.75) is 12.7 Å². The van der Waals surface area contributed by atoms with Crippen molar-refractivity contribution >= 4 is 6.09 Å². The zero-order chi connectivity index (χ0) is 10.7. The molecule has 0 radical (unpaired) electrons. The second-order valence-electron chi connectivity index (χ2n) is 3.61. The van der Waals surface area contributed by atoms with Gasteiger partial charge in [0, 0.05) is 0 Å². The number of likely N-dealkylation sites (tertiary alicyclic amines) is 1. The Hall–Kier alpha value is -1.55. The molecule has 0 atom stereocenters. The normalized spacial score (nSPS) is 16.1. The summed E-state index contributed by atoms with van der Waals surface area (Å²) in [6.07, 6.45) is -0.809. The fourth-order valence-corrected chi connectivity index (χ4v) is 1.49. The molecule has 0 aromatic heterocycles. The Morgan fingerprint density at radius 3 is 2.67 bits per heavy atom. The Balaban J connectivity index is 1.71. The Kier molecular flexibility index (Phi) is 2.87. The SMILES string of the molecule is O=C(O)N1CC(OCc2ccccc2)C1. The number of benzene rings is 1. The van der Waals surface area contributed by atoms with Gasteiger partial charge in [-0.25, -0.2) is 4.79 Å². The number of hydrogen-bond donors (Lipinski definition) is 1. The maximum absolute atomic E-state index is 10.5. The van der Waals surface area contributed by atoms with Gasteiger partial charge in [-0.1, -0.05) is 30.3 Å². The van der Waals surface area contributed by atoms with Crippen molar-refractivity contribution < 1.29 is 14.6 Å². The van der Waals surface area contributed by atoms with E-state index in [0.717, 1.165) is 5.56 Å². The first-order valence-electron chi connectivity index (χ1n) is 4.89. The largest absolute Gasteiger partial charge is 0.465 e. The number of carboxylic acid groups (broad SMARTS) is 1. The highest BCUT2D eigenvalue weighted by atomic mass is 16.5. The molecule has 1 N–H and O–H groups in total. The van der Waals surface area contributed by atoms with Crippen LogP contribution < -0.4 is 0 Å². The van der Waals surface area contributed by atoms with E-state index in [4.69, 9.17) is 9.84 Å². The van der Waals surface area contributed by atoms with Crippen molar-refractivity contribution in [2.24, 2.45) is 0 Å². The van der Waals surface area contributed by atoms with Crippen molar-refractivity contribution in [3.8, 4) is 0 Å². The Morgan fingerprint density at radius 1 is 1.40 bits per heavy atom. The van der Waals surface area contributed by atoms with Gasteiger partial charge in [0.15, 0.2) is 0 Å². The zero-order valence-corrected chi connectivity index (χ0v) is 8.30. The summed E-state index contributed by atoms with van der Waals surface area (Å²) in [5.74, 6) is 0. The molecule has 0 saturated carbocycles. The van der Waals surface area contributed by atoms with Gasteiger partial charge >= 0.3 is 6.09 Å². The van der Waals surface area contributed by atoms with E-state index in [1.54, 1.807) is 0 Å². The molecule has 1 heterocycles. The molecule has 0 unspecified atom stereocenters. The topological polar surface area (TPSA) is 49.8 Å². The summed E-state index contributed by atoms with van der Waals surface area (Å²) in [7, 11) is 0. The Bertz CT molecular complexity index is 333. The van der Waals surface area contributed by atoms with Gasteiger partial charge in [0.2, 0.25) is 0 Å². The van der Waals surface area contributed by atoms with Gasteiger partial charge in [-0.15, -0.1) is 0 Å². The summed E-state index contributed by atoms with van der Waals surface area (Å²) >= 11 is 0. The van der Waals surface area contributed by atoms with Crippen LogP contribution in [0.5, 0.6) is 0 Å². The number of carbonyl (C=O) groups is 1. The molecule has 15 heavy (non-hydrogen) atoms. The van der Waals surface area contributed by atoms with Crippen LogP contribution >= 0.6 is 0 Å². The summed E-state index contributed by atoms with van der Waals surface area (Å²) in [5, 5.41) is 8.61. The summed E-state index contributed by atoms with van der Waals surface area (Å²) in [6, 6.07) is 9.87. The molecule has 2 rings (SSSR count). The van der Waals surface area contributed by atoms with E-state index in [2.05, 4.69) is 0 Å². The third kappa shape index (κ3) is 2.47. The van der Waals surface area contributed by atoms with Crippen LogP contribution in [0.2, 0.25) is 0 Å². The predicted molar refractivity (Wildman–Crippen MR) is 54.6 cm³/mol. The molecule has 80 valence electrons. The molecule has 1 aliphatic heterocycles. The lowest BCUT2D eigenvalue weighted by Gasteiger charge is -2.36. The smallest absolute Gasteiger partial charge is 0.407 e. The Morgan fingerprint density at radius 2 is 2.07 bits per heavy atom. The molecule has 1 aromatic rings. The fourth-order valence-electron chi connectivity index (χ4n) is 1.49. The van der Waals surface area contributed by atoms with Crippen LogP contribution in [-0.4, -0.2) is 35.3 Å². The van der Waals surface area contributed by atoms with E-state index < -0.39 is 6.09 Å². The zero-order valence-electron chi connectivity index (χ0n) is 8.30. The minimum atomic E-state index is -0.866. The van der Waals surface area contributed by atoms with Crippen molar-refractivity contribution in [3.63, 3.8) is 0 Å². The van der Waals surface area contributed by atoms with E-state index in [-0.39, 0.29) is 6.10 Å². The summed E-state index contributed by atoms with van der Waals surface area (Å²) in [5.41, 5.74) is 1.12. The van der Waals surface area contributed by atoms with Gasteiger partial charge < -0.3 is 14.7 Å². The molecule has 0 spiro atoms. The van der Waals surface area contributed by atoms with Crippen LogP contribution in [0.3, 0.4) is 0 Å². The molecule has 1 amide bonds. The van der Waals surface area contributed by atoms with E-state index in [9.17, 15) is 4.79 Å². The number of hydrogen-bond acceptors (Lipinski definition) is 2. The Labute approximate surface area is 88.1 Å². The van der Waals surface area contributed by atoms with Gasteiger partial charge in [0.05, 0.1) is 25.8 Å². The summed E-state index contributed by atoms with van der Waals surface area (Å²) in [4.78, 5) is 11.8. The third-order valence-corrected chi connectivity index (χ3v) is 2.45. The van der Waals surface area contributed by atoms with Crippen LogP contribution in [0, 0.1) is 0 Å². The number of ether oxygens (including phenoxy) is 1. The second-order valence-corrected chi connectivity index (χ2v) is 3.61. The molecule has 1 fully saturated rings. The lowest BCUT2D eigenvalue weighted by atomic mass is 10.2. The van der Waals surface area contributed by atoms with Gasteiger partial charge in [0.25, 0.3) is 0 Å². The first-order valence-corrected chi connectivity index (χ1v) is 4.89. The molecule has 0 bridgehead atoms. The van der Waals surface area contributed by atoms with Crippen molar-refractivity contribution in [1.82, 2.24) is 4.90 Å². The number of rotatable bonds is 3. The van der Waals surface area contributed by atoms with Crippen LogP contribution in [0.15, 0.2) is 30.3 Å². The minimum Gasteiger partial charge on any atom is -0.465 e. The lowest BCUT2D eigenvalue weighted by Crippen LogP contribution is -2.54. The van der Waals surface area contributed by atoms with Crippen molar-refractivity contribution in [2.75, 3.05) is 13.1 Å². The number of nitrogens with zero attached hydrogens (tertiary/aromatic N) is 1. The third-order valence-electron chi connectivity index (χ3n) is 2.45. The number of amides is 1. The quantitative estimate of drug-likeness (QED) is 0.818. The van der Waals surface area contributed by atoms with Crippen LogP contribution in [0.1, 0.15) is 5.56 Å². The first kappa shape index (κ1) is 9.98. The lowest BCUT2D eigenvalue weighted by molar-refractivity contribution is -0.0522. The standard InChI is InChI=1S/C11H13NO3/c13-11(14)12-6-10(7-12)15-8-9-4-2-1-3-5-9/h1-5,10H,6-8H2,(H,13,14). The summed E-state index contributed by atoms with van der Waals surface area (Å²) in [6.45, 7) is 1.53. The fraction of sp³-hybridized carbons (Fsp3) is 0.364. The van der Waals surface area contributed by atoms with Crippen LogP contribution in [-0.2, 0) is 11.3 Å². The molecule has 1 saturated heterocycles. The minimum absolute atomic E-state index is 0.0568. The average molecular weight is 207 g/mol. The molecule has 1 aromatic carbocycles. The van der Waals surface area contributed by atoms with Crippen molar-refractivity contribution in [3.05, 3.63) is 35.9 Å². The maximum Gasteiger partial charge on any atom is 0.407 e. The van der Waals surface area contributed by atoms with E-state index >= 15 is 0 Å². The first-order chi connectivity index (χ1) is 7.25. The highest BCUT2D eigenvalue weighted by molar-refractivity contribution is 5.66. The highest BCUT2D eigenvalue weighted by Gasteiger charge is 2.30. The monoisotopic (exact) mass is 207 g/mol. The average Bonchev–Trinajstić information content (AvgIpc) is 2.16. The van der Waals surface area contributed by atoms with Crippen LogP contribution in [0.4, 0.5) is 4.79 Å². The molecule has 1 aliphatic rings. The molecule has 0 aliphatic carbocycles. The van der Waals surface area contributed by atoms with Gasteiger partial charge in [-0.2, -0.15) is 0 Å². The van der Waals surface area contributed by atoms with Gasteiger partial charge in [0.1, 0.15) is 0 Å². The van der Waals surface area contributed by atoms with Crippen molar-refractivity contribution in [1.29, 1.82) is 0 Å². The molecular formula is C11H13NO3. The highest BCUT2D eigenvalue weighted by Crippen LogP contribution is 2.13. The van der Waals surface area contributed by atoms with Gasteiger partial charge in [-0.3, -0.25) is 0 Å². The molecule has 4 heteroatoms. The van der Waals surface area contributed by atoms with Crippen LogP contribution in [0.25, 0.3) is 0 Å². The summed E-state index contributed by atoms with van der Waals surface area (Å²) < 4.78 is 5.54. The van der Waals surface area contributed by atoms with Gasteiger partial charge in [-0.05, 0) is 5.56 Å². The van der Waals surface area contributed by atoms with E-state index in [1.165, 1.54) is 4.90 Å².